The molecule has 0 bridgehead atoms. The van der Waals surface area contributed by atoms with E-state index in [1.54, 1.807) is 6.08 Å². The number of phosphoric ester groups is 1. The standard InChI is InChI=1S/C19H40NO5P/c1-2-3-4-5-6-7-8-9-10-11-12-13-14-15-16-19(21)18(20)17-25-26(22,23)24/h15-16,18-19,21H,2-14,17,20H2,1H3,(H2,22,23,24)/b16-15+/t18-,19+/m0/s1. The molecule has 6 nitrogen and oxygen atoms in total. The van der Waals surface area contributed by atoms with Crippen LogP contribution in [0.1, 0.15) is 90.4 Å². The Morgan fingerprint density at radius 1 is 0.923 bits per heavy atom. The molecular formula is C19H40NO5P. The van der Waals surface area contributed by atoms with E-state index < -0.39 is 20.0 Å². The first-order valence-corrected chi connectivity index (χ1v) is 11.7. The van der Waals surface area contributed by atoms with Crippen molar-refractivity contribution in [1.29, 1.82) is 0 Å². The molecule has 0 radical (unpaired) electrons. The van der Waals surface area contributed by atoms with Crippen molar-refractivity contribution in [2.45, 2.75) is 103 Å². The number of allylic oxidation sites excluding steroid dienone is 1. The number of aliphatic hydroxyl groups excluding tert-OH is 1. The highest BCUT2D eigenvalue weighted by molar-refractivity contribution is 7.46. The van der Waals surface area contributed by atoms with Crippen molar-refractivity contribution in [2.24, 2.45) is 5.73 Å². The summed E-state index contributed by atoms with van der Waals surface area (Å²) in [6.45, 7) is 1.87. The summed E-state index contributed by atoms with van der Waals surface area (Å²) in [4.78, 5) is 17.2. The predicted molar refractivity (Wildman–Crippen MR) is 107 cm³/mol. The second-order valence-electron chi connectivity index (χ2n) is 7.05. The lowest BCUT2D eigenvalue weighted by Gasteiger charge is -2.15. The van der Waals surface area contributed by atoms with E-state index in [-0.39, 0.29) is 6.61 Å². The number of nitrogens with two attached hydrogens (primary N) is 1. The quantitative estimate of drug-likeness (QED) is 0.156. The van der Waals surface area contributed by atoms with Crippen LogP contribution in [0.4, 0.5) is 0 Å². The van der Waals surface area contributed by atoms with E-state index in [1.807, 2.05) is 6.08 Å². The predicted octanol–water partition coefficient (Wildman–Crippen LogP) is 4.43. The average molecular weight is 394 g/mol. The molecule has 0 aromatic heterocycles. The van der Waals surface area contributed by atoms with E-state index in [4.69, 9.17) is 15.5 Å². The molecule has 0 amide bonds. The third-order valence-corrected chi connectivity index (χ3v) is 4.92. The van der Waals surface area contributed by atoms with Crippen LogP contribution in [0, 0.1) is 0 Å². The molecule has 0 fully saturated rings. The van der Waals surface area contributed by atoms with Gasteiger partial charge in [0.05, 0.1) is 18.8 Å². The summed E-state index contributed by atoms with van der Waals surface area (Å²) in [7, 11) is -4.54. The summed E-state index contributed by atoms with van der Waals surface area (Å²) in [5.41, 5.74) is 5.61. The fourth-order valence-corrected chi connectivity index (χ4v) is 3.13. The first kappa shape index (κ1) is 25.8. The highest BCUT2D eigenvalue weighted by Gasteiger charge is 2.19. The van der Waals surface area contributed by atoms with Crippen LogP contribution in [0.3, 0.4) is 0 Å². The largest absolute Gasteiger partial charge is 0.469 e. The molecule has 0 saturated heterocycles. The van der Waals surface area contributed by atoms with Gasteiger partial charge in [0.1, 0.15) is 0 Å². The Labute approximate surface area is 159 Å². The molecule has 0 heterocycles. The van der Waals surface area contributed by atoms with Crippen molar-refractivity contribution >= 4 is 7.82 Å². The minimum absolute atomic E-state index is 0.381. The van der Waals surface area contributed by atoms with E-state index in [9.17, 15) is 9.67 Å². The molecule has 5 N–H and O–H groups in total. The first-order valence-electron chi connectivity index (χ1n) is 10.2. The van der Waals surface area contributed by atoms with Crippen molar-refractivity contribution < 1.29 is 24.0 Å². The van der Waals surface area contributed by atoms with E-state index in [2.05, 4.69) is 11.4 Å². The molecule has 156 valence electrons. The third-order valence-electron chi connectivity index (χ3n) is 4.43. The maximum absolute atomic E-state index is 10.6. The Bertz CT molecular complexity index is 386. The molecule has 7 heteroatoms. The van der Waals surface area contributed by atoms with Crippen LogP contribution < -0.4 is 5.73 Å². The van der Waals surface area contributed by atoms with Crippen LogP contribution >= 0.6 is 7.82 Å². The van der Waals surface area contributed by atoms with E-state index in [0.717, 1.165) is 12.8 Å². The number of rotatable bonds is 18. The highest BCUT2D eigenvalue weighted by atomic mass is 31.2. The number of hydrogen-bond acceptors (Lipinski definition) is 4. The Hall–Kier alpha value is -0.230. The fraction of sp³-hybridized carbons (Fsp3) is 0.895. The van der Waals surface area contributed by atoms with Gasteiger partial charge in [-0.15, -0.1) is 0 Å². The lowest BCUT2D eigenvalue weighted by atomic mass is 10.0. The Morgan fingerprint density at radius 2 is 1.38 bits per heavy atom. The normalized spacial score (nSPS) is 14.8. The number of unbranched alkanes of at least 4 members (excludes halogenated alkanes) is 12. The zero-order valence-corrected chi connectivity index (χ0v) is 17.3. The second kappa shape index (κ2) is 16.9. The monoisotopic (exact) mass is 393 g/mol. The summed E-state index contributed by atoms with van der Waals surface area (Å²) < 4.78 is 14.9. The maximum Gasteiger partial charge on any atom is 0.469 e. The van der Waals surface area contributed by atoms with Gasteiger partial charge in [0.15, 0.2) is 0 Å². The molecule has 2 atom stereocenters. The van der Waals surface area contributed by atoms with E-state index in [0.29, 0.717) is 0 Å². The zero-order chi connectivity index (χ0) is 19.7. The lowest BCUT2D eigenvalue weighted by molar-refractivity contribution is 0.129. The Balaban J connectivity index is 3.43. The minimum Gasteiger partial charge on any atom is -0.387 e. The van der Waals surface area contributed by atoms with Crippen molar-refractivity contribution in [3.63, 3.8) is 0 Å². The van der Waals surface area contributed by atoms with Gasteiger partial charge in [0.2, 0.25) is 0 Å². The fourth-order valence-electron chi connectivity index (χ4n) is 2.76. The second-order valence-corrected chi connectivity index (χ2v) is 8.29. The molecule has 0 saturated carbocycles. The molecule has 0 unspecified atom stereocenters. The summed E-state index contributed by atoms with van der Waals surface area (Å²) in [5, 5.41) is 9.76. The average Bonchev–Trinajstić information content (AvgIpc) is 2.59. The van der Waals surface area contributed by atoms with Crippen LogP contribution in [-0.4, -0.2) is 33.6 Å². The molecule has 0 aliphatic carbocycles. The van der Waals surface area contributed by atoms with Crippen LogP contribution in [0.5, 0.6) is 0 Å². The van der Waals surface area contributed by atoms with Crippen molar-refractivity contribution in [1.82, 2.24) is 0 Å². The minimum atomic E-state index is -4.54. The van der Waals surface area contributed by atoms with Crippen molar-refractivity contribution in [2.75, 3.05) is 6.61 Å². The summed E-state index contributed by atoms with van der Waals surface area (Å²) >= 11 is 0. The van der Waals surface area contributed by atoms with Gasteiger partial charge in [-0.25, -0.2) is 4.57 Å². The number of phosphoric acid groups is 1. The molecular weight excluding hydrogens is 353 g/mol. The molecule has 26 heavy (non-hydrogen) atoms. The van der Waals surface area contributed by atoms with Gasteiger partial charge < -0.3 is 20.6 Å². The Morgan fingerprint density at radius 3 is 1.85 bits per heavy atom. The summed E-state index contributed by atoms with van der Waals surface area (Å²) in [6, 6.07) is -0.846. The van der Waals surface area contributed by atoms with Gasteiger partial charge in [-0.05, 0) is 12.8 Å². The topological polar surface area (TPSA) is 113 Å². The summed E-state index contributed by atoms with van der Waals surface area (Å²) in [6.07, 6.45) is 19.1. The van der Waals surface area contributed by atoms with Crippen molar-refractivity contribution in [3.8, 4) is 0 Å². The van der Waals surface area contributed by atoms with Gasteiger partial charge in [-0.1, -0.05) is 89.7 Å². The van der Waals surface area contributed by atoms with Gasteiger partial charge in [0.25, 0.3) is 0 Å². The van der Waals surface area contributed by atoms with Crippen LogP contribution in [0.15, 0.2) is 12.2 Å². The zero-order valence-electron chi connectivity index (χ0n) is 16.4. The molecule has 0 aliphatic heterocycles. The van der Waals surface area contributed by atoms with Gasteiger partial charge >= 0.3 is 7.82 Å². The van der Waals surface area contributed by atoms with Crippen LogP contribution in [0.2, 0.25) is 0 Å². The number of hydrogen-bond donors (Lipinski definition) is 4. The van der Waals surface area contributed by atoms with Gasteiger partial charge in [-0.2, -0.15) is 0 Å². The third kappa shape index (κ3) is 18.6. The molecule has 0 aromatic rings. The maximum atomic E-state index is 10.6. The number of aliphatic hydroxyl groups is 1. The van der Waals surface area contributed by atoms with Crippen molar-refractivity contribution in [3.05, 3.63) is 12.2 Å². The Kier molecular flexibility index (Phi) is 16.8. The highest BCUT2D eigenvalue weighted by Crippen LogP contribution is 2.35. The molecule has 0 spiro atoms. The van der Waals surface area contributed by atoms with E-state index >= 15 is 0 Å². The molecule has 0 aliphatic rings. The smallest absolute Gasteiger partial charge is 0.387 e. The van der Waals surface area contributed by atoms with Crippen LogP contribution in [0.25, 0.3) is 0 Å². The van der Waals surface area contributed by atoms with E-state index in [1.165, 1.54) is 70.6 Å². The molecule has 0 aromatic carbocycles. The SMILES string of the molecule is CCCCCCCCCCCCCC/C=C/[C@@H](O)[C@@H](N)COP(=O)(O)O. The van der Waals surface area contributed by atoms with Gasteiger partial charge in [0, 0.05) is 0 Å². The lowest BCUT2D eigenvalue weighted by Crippen LogP contribution is -2.37. The van der Waals surface area contributed by atoms with Gasteiger partial charge in [-0.3, -0.25) is 4.52 Å². The summed E-state index contributed by atoms with van der Waals surface area (Å²) in [5.74, 6) is 0. The first-order chi connectivity index (χ1) is 12.4. The van der Waals surface area contributed by atoms with Crippen LogP contribution in [-0.2, 0) is 9.09 Å². The molecule has 0 rings (SSSR count).